The van der Waals surface area contributed by atoms with Crippen LogP contribution in [0.25, 0.3) is 11.1 Å². The predicted molar refractivity (Wildman–Crippen MR) is 121 cm³/mol. The molecule has 0 amide bonds. The number of sulfonamides is 1. The Kier molecular flexibility index (Phi) is 6.21. The van der Waals surface area contributed by atoms with Gasteiger partial charge in [0, 0.05) is 29.4 Å². The molecule has 6 nitrogen and oxygen atoms in total. The van der Waals surface area contributed by atoms with E-state index in [1.54, 1.807) is 24.3 Å². The fourth-order valence-corrected chi connectivity index (χ4v) is 3.71. The lowest BCUT2D eigenvalue weighted by atomic mass is 10.0. The predicted octanol–water partition coefficient (Wildman–Crippen LogP) is 2.77. The van der Waals surface area contributed by atoms with Gasteiger partial charge in [0.2, 0.25) is 10.0 Å². The third kappa shape index (κ3) is 5.06. The summed E-state index contributed by atoms with van der Waals surface area (Å²) < 4.78 is 23.6. The first-order valence-electron chi connectivity index (χ1n) is 9.12. The highest BCUT2D eigenvalue weighted by atomic mass is 32.2. The Bertz CT molecular complexity index is 1240. The second-order valence-electron chi connectivity index (χ2n) is 6.74. The largest absolute Gasteiger partial charge is 0.384 e. The number of hydrogen-bond acceptors (Lipinski definition) is 4. The standard InChI is InChI=1S/C23H22N4O2S/c1-27(20-8-4-7-19(16-20)23(24)25)15-5-6-17-11-13-18(14-12-17)21-9-2-3-10-22(21)30(26,28)29/h2-4,7-14,16H,15H2,1H3,(H3,24,25)(H2,26,28,29). The molecule has 0 fully saturated rings. The number of benzene rings is 3. The molecule has 0 aliphatic carbocycles. The molecule has 0 spiro atoms. The van der Waals surface area contributed by atoms with Crippen LogP contribution in [0.15, 0.2) is 77.7 Å². The van der Waals surface area contributed by atoms with Crippen molar-refractivity contribution >= 4 is 21.5 Å². The van der Waals surface area contributed by atoms with Crippen molar-refractivity contribution in [1.82, 2.24) is 0 Å². The summed E-state index contributed by atoms with van der Waals surface area (Å²) in [5.74, 6) is 6.25. The molecule has 0 aliphatic heterocycles. The van der Waals surface area contributed by atoms with Crippen molar-refractivity contribution < 1.29 is 8.42 Å². The molecular weight excluding hydrogens is 396 g/mol. The van der Waals surface area contributed by atoms with Gasteiger partial charge in [0.25, 0.3) is 0 Å². The topological polar surface area (TPSA) is 113 Å². The first kappa shape index (κ1) is 21.1. The van der Waals surface area contributed by atoms with E-state index in [0.717, 1.165) is 16.8 Å². The van der Waals surface area contributed by atoms with Gasteiger partial charge in [-0.1, -0.05) is 54.3 Å². The number of nitrogen functional groups attached to an aromatic ring is 1. The number of primary sulfonamides is 1. The molecule has 0 aliphatic rings. The Morgan fingerprint density at radius 3 is 2.40 bits per heavy atom. The van der Waals surface area contributed by atoms with Gasteiger partial charge in [0.1, 0.15) is 5.84 Å². The lowest BCUT2D eigenvalue weighted by Gasteiger charge is -2.16. The normalized spacial score (nSPS) is 10.7. The Balaban J connectivity index is 1.75. The highest BCUT2D eigenvalue weighted by Gasteiger charge is 2.14. The minimum atomic E-state index is -3.80. The number of nitrogens with one attached hydrogen (secondary N) is 1. The molecule has 0 radical (unpaired) electrons. The maximum absolute atomic E-state index is 11.8. The number of anilines is 1. The van der Waals surface area contributed by atoms with Crippen molar-refractivity contribution in [2.45, 2.75) is 4.90 Å². The van der Waals surface area contributed by atoms with Crippen molar-refractivity contribution in [3.05, 3.63) is 83.9 Å². The van der Waals surface area contributed by atoms with Crippen LogP contribution < -0.4 is 15.8 Å². The van der Waals surface area contributed by atoms with Crippen LogP contribution in [0.1, 0.15) is 11.1 Å². The summed E-state index contributed by atoms with van der Waals surface area (Å²) in [5.41, 5.74) is 9.27. The smallest absolute Gasteiger partial charge is 0.238 e. The summed E-state index contributed by atoms with van der Waals surface area (Å²) in [4.78, 5) is 2.06. The molecule has 0 bridgehead atoms. The van der Waals surface area contributed by atoms with Gasteiger partial charge in [-0.15, -0.1) is 0 Å². The third-order valence-electron chi connectivity index (χ3n) is 4.54. The first-order valence-corrected chi connectivity index (χ1v) is 10.7. The second kappa shape index (κ2) is 8.82. The van der Waals surface area contributed by atoms with Crippen molar-refractivity contribution in [3.8, 4) is 23.0 Å². The van der Waals surface area contributed by atoms with Gasteiger partial charge in [-0.2, -0.15) is 0 Å². The third-order valence-corrected chi connectivity index (χ3v) is 5.51. The van der Waals surface area contributed by atoms with Crippen LogP contribution >= 0.6 is 0 Å². The van der Waals surface area contributed by atoms with Crippen LogP contribution in [0.4, 0.5) is 5.69 Å². The Morgan fingerprint density at radius 2 is 1.73 bits per heavy atom. The van der Waals surface area contributed by atoms with Crippen molar-refractivity contribution in [1.29, 1.82) is 5.41 Å². The summed E-state index contributed by atoms with van der Waals surface area (Å²) in [6, 6.07) is 21.4. The monoisotopic (exact) mass is 418 g/mol. The van der Waals surface area contributed by atoms with E-state index in [2.05, 4.69) is 11.8 Å². The van der Waals surface area contributed by atoms with Crippen molar-refractivity contribution in [3.63, 3.8) is 0 Å². The summed E-state index contributed by atoms with van der Waals surface area (Å²) in [6.07, 6.45) is 0. The molecule has 0 saturated carbocycles. The zero-order valence-corrected chi connectivity index (χ0v) is 17.3. The average molecular weight is 419 g/mol. The molecule has 30 heavy (non-hydrogen) atoms. The highest BCUT2D eigenvalue weighted by molar-refractivity contribution is 7.89. The minimum absolute atomic E-state index is 0.0282. The zero-order chi connectivity index (χ0) is 21.7. The van der Waals surface area contributed by atoms with E-state index in [1.807, 2.05) is 54.4 Å². The maximum atomic E-state index is 11.8. The van der Waals surface area contributed by atoms with E-state index < -0.39 is 10.0 Å². The number of rotatable bonds is 5. The first-order chi connectivity index (χ1) is 14.3. The number of amidine groups is 1. The zero-order valence-electron chi connectivity index (χ0n) is 16.5. The van der Waals surface area contributed by atoms with Crippen LogP contribution in [0, 0.1) is 17.3 Å². The number of nitrogens with two attached hydrogens (primary N) is 2. The molecule has 7 heteroatoms. The number of hydrogen-bond donors (Lipinski definition) is 3. The van der Waals surface area contributed by atoms with Gasteiger partial charge in [0.15, 0.2) is 0 Å². The minimum Gasteiger partial charge on any atom is -0.384 e. The van der Waals surface area contributed by atoms with Gasteiger partial charge >= 0.3 is 0 Å². The SMILES string of the molecule is CN(CC#Cc1ccc(-c2ccccc2S(N)(=O)=O)cc1)c1cccc(C(=N)N)c1. The summed E-state index contributed by atoms with van der Waals surface area (Å²) in [5, 5.41) is 12.9. The Labute approximate surface area is 176 Å². The van der Waals surface area contributed by atoms with Crippen LogP contribution in [0.3, 0.4) is 0 Å². The molecule has 0 atom stereocenters. The molecule has 3 aromatic rings. The maximum Gasteiger partial charge on any atom is 0.238 e. The lowest BCUT2D eigenvalue weighted by molar-refractivity contribution is 0.598. The fraction of sp³-hybridized carbons (Fsp3) is 0.0870. The van der Waals surface area contributed by atoms with E-state index in [0.29, 0.717) is 17.7 Å². The summed E-state index contributed by atoms with van der Waals surface area (Å²) >= 11 is 0. The molecule has 0 unspecified atom stereocenters. The van der Waals surface area contributed by atoms with Gasteiger partial charge in [0.05, 0.1) is 11.4 Å². The van der Waals surface area contributed by atoms with Crippen LogP contribution in [0.2, 0.25) is 0 Å². The van der Waals surface area contributed by atoms with Crippen LogP contribution in [-0.2, 0) is 10.0 Å². The second-order valence-corrected chi connectivity index (χ2v) is 8.27. The molecule has 0 saturated heterocycles. The molecule has 3 aromatic carbocycles. The highest BCUT2D eigenvalue weighted by Crippen LogP contribution is 2.26. The van der Waals surface area contributed by atoms with E-state index in [9.17, 15) is 8.42 Å². The van der Waals surface area contributed by atoms with E-state index >= 15 is 0 Å². The van der Waals surface area contributed by atoms with E-state index in [-0.39, 0.29) is 10.7 Å². The summed E-state index contributed by atoms with van der Waals surface area (Å²) in [6.45, 7) is 0.497. The Morgan fingerprint density at radius 1 is 1.03 bits per heavy atom. The van der Waals surface area contributed by atoms with Gasteiger partial charge < -0.3 is 10.6 Å². The fourth-order valence-electron chi connectivity index (χ4n) is 2.95. The number of nitrogens with zero attached hydrogens (tertiary/aromatic N) is 1. The van der Waals surface area contributed by atoms with Gasteiger partial charge in [-0.05, 0) is 35.9 Å². The van der Waals surface area contributed by atoms with Crippen molar-refractivity contribution in [2.75, 3.05) is 18.5 Å². The molecule has 0 heterocycles. The van der Waals surface area contributed by atoms with Gasteiger partial charge in [-0.3, -0.25) is 5.41 Å². The van der Waals surface area contributed by atoms with Crippen LogP contribution in [-0.4, -0.2) is 27.8 Å². The molecular formula is C23H22N4O2S. The molecule has 0 aromatic heterocycles. The van der Waals surface area contributed by atoms with Crippen molar-refractivity contribution in [2.24, 2.45) is 10.9 Å². The lowest BCUT2D eigenvalue weighted by Crippen LogP contribution is -2.18. The molecule has 3 rings (SSSR count). The molecule has 152 valence electrons. The van der Waals surface area contributed by atoms with Crippen LogP contribution in [0.5, 0.6) is 0 Å². The Hall–Kier alpha value is -3.60. The van der Waals surface area contributed by atoms with E-state index in [4.69, 9.17) is 16.3 Å². The average Bonchev–Trinajstić information content (AvgIpc) is 2.73. The van der Waals surface area contributed by atoms with E-state index in [1.165, 1.54) is 6.07 Å². The molecule has 5 N–H and O–H groups in total. The quantitative estimate of drug-likeness (QED) is 0.336. The van der Waals surface area contributed by atoms with Gasteiger partial charge in [-0.25, -0.2) is 13.6 Å². The summed E-state index contributed by atoms with van der Waals surface area (Å²) in [7, 11) is -1.89.